The highest BCUT2D eigenvalue weighted by Crippen LogP contribution is 2.47. The minimum atomic E-state index is -0.486. The average Bonchev–Trinajstić information content (AvgIpc) is 3.60. The fourth-order valence-electron chi connectivity index (χ4n) is 5.13. The van der Waals surface area contributed by atoms with Crippen LogP contribution in [0.2, 0.25) is 0 Å². The number of benzene rings is 2. The van der Waals surface area contributed by atoms with E-state index in [-0.39, 0.29) is 18.2 Å². The minimum absolute atomic E-state index is 0.127. The number of hydrogen-bond acceptors (Lipinski definition) is 6. The number of aromatic hydroxyl groups is 1. The Kier molecular flexibility index (Phi) is 7.13. The third-order valence-electron chi connectivity index (χ3n) is 6.80. The fraction of sp³-hybridized carbons (Fsp3) is 0.333. The largest absolute Gasteiger partial charge is 0.507 e. The molecule has 1 aliphatic rings. The van der Waals surface area contributed by atoms with Crippen LogP contribution < -0.4 is 9.47 Å². The van der Waals surface area contributed by atoms with E-state index in [4.69, 9.17) is 13.9 Å². The summed E-state index contributed by atoms with van der Waals surface area (Å²) in [5, 5.41) is 18.4. The lowest BCUT2D eigenvalue weighted by atomic mass is 9.93. The number of phenols is 1. The van der Waals surface area contributed by atoms with Gasteiger partial charge < -0.3 is 23.9 Å². The van der Waals surface area contributed by atoms with Gasteiger partial charge in [0.15, 0.2) is 11.5 Å². The van der Waals surface area contributed by atoms with Crippen molar-refractivity contribution in [2.45, 2.75) is 53.1 Å². The lowest BCUT2D eigenvalue weighted by Crippen LogP contribution is -2.29. The van der Waals surface area contributed by atoms with Gasteiger partial charge in [-0.15, -0.1) is 0 Å². The second-order valence-electron chi connectivity index (χ2n) is 9.59. The molecule has 0 bridgehead atoms. The van der Waals surface area contributed by atoms with Crippen molar-refractivity contribution in [3.8, 4) is 28.5 Å². The van der Waals surface area contributed by atoms with Crippen LogP contribution >= 0.6 is 0 Å². The maximum Gasteiger partial charge on any atom is 0.273 e. The second-order valence-corrected chi connectivity index (χ2v) is 9.59. The summed E-state index contributed by atoms with van der Waals surface area (Å²) in [6.07, 6.45) is 3.58. The zero-order chi connectivity index (χ0) is 26.8. The third-order valence-corrected chi connectivity index (χ3v) is 6.80. The van der Waals surface area contributed by atoms with Crippen LogP contribution in [0.5, 0.6) is 17.2 Å². The maximum atomic E-state index is 13.7. The molecule has 2 aromatic heterocycles. The number of hydrogen-bond donors (Lipinski definition) is 2. The Labute approximate surface area is 222 Å². The van der Waals surface area contributed by atoms with Crippen LogP contribution in [0.25, 0.3) is 11.3 Å². The van der Waals surface area contributed by atoms with Crippen molar-refractivity contribution < 1.29 is 23.8 Å². The van der Waals surface area contributed by atoms with Gasteiger partial charge >= 0.3 is 0 Å². The first-order chi connectivity index (χ1) is 18.4. The number of nitrogens with one attached hydrogen (secondary N) is 1. The topological polar surface area (TPSA) is 101 Å². The summed E-state index contributed by atoms with van der Waals surface area (Å²) >= 11 is 0. The Hall–Kier alpha value is -4.20. The van der Waals surface area contributed by atoms with E-state index in [1.54, 1.807) is 23.3 Å². The summed E-state index contributed by atoms with van der Waals surface area (Å²) in [6.45, 7) is 9.27. The standard InChI is InChI=1S/C30H33N3O5/c1-5-7-12-38-23-11-10-20(16-24(23)36-6-2)29-26-27(25-19(4)14-18(3)15-22(25)34)31-32-28(26)30(35)33(29)17-21-9-8-13-37-21/h8-11,13-16,29,34H,5-7,12,17H2,1-4H3,(H,31,32). The zero-order valence-electron chi connectivity index (χ0n) is 22.2. The average molecular weight is 516 g/mol. The predicted octanol–water partition coefficient (Wildman–Crippen LogP) is 6.32. The summed E-state index contributed by atoms with van der Waals surface area (Å²) in [6, 6.07) is 12.7. The van der Waals surface area contributed by atoms with Gasteiger partial charge in [0.05, 0.1) is 32.1 Å². The first-order valence-corrected chi connectivity index (χ1v) is 13.0. The number of aryl methyl sites for hydroxylation is 2. The van der Waals surface area contributed by atoms with Crippen LogP contribution in [0.15, 0.2) is 53.1 Å². The van der Waals surface area contributed by atoms with Crippen molar-refractivity contribution in [1.82, 2.24) is 15.1 Å². The molecule has 1 aliphatic heterocycles. The van der Waals surface area contributed by atoms with E-state index in [0.29, 0.717) is 53.0 Å². The number of phenolic OH excluding ortho intramolecular Hbond substituents is 1. The van der Waals surface area contributed by atoms with Gasteiger partial charge in [-0.3, -0.25) is 9.89 Å². The molecule has 2 aromatic carbocycles. The summed E-state index contributed by atoms with van der Waals surface area (Å²) in [4.78, 5) is 15.5. The van der Waals surface area contributed by atoms with Crippen LogP contribution in [0, 0.1) is 13.8 Å². The van der Waals surface area contributed by atoms with E-state index in [1.165, 1.54) is 0 Å². The minimum Gasteiger partial charge on any atom is -0.507 e. The van der Waals surface area contributed by atoms with Gasteiger partial charge in [-0.1, -0.05) is 25.5 Å². The lowest BCUT2D eigenvalue weighted by molar-refractivity contribution is 0.0716. The molecule has 0 saturated carbocycles. The number of furan rings is 1. The number of carbonyl (C=O) groups is 1. The SMILES string of the molecule is CCCCOc1ccc(C2c3c(-c4c(C)cc(C)cc4O)n[nH]c3C(=O)N2Cc2ccco2)cc1OCC. The molecule has 38 heavy (non-hydrogen) atoms. The van der Waals surface area contributed by atoms with Crippen LogP contribution in [0.4, 0.5) is 0 Å². The maximum absolute atomic E-state index is 13.7. The highest BCUT2D eigenvalue weighted by atomic mass is 16.5. The molecule has 3 heterocycles. The monoisotopic (exact) mass is 515 g/mol. The molecule has 0 spiro atoms. The number of carbonyl (C=O) groups excluding carboxylic acids is 1. The van der Waals surface area contributed by atoms with Gasteiger partial charge in [-0.25, -0.2) is 0 Å². The smallest absolute Gasteiger partial charge is 0.273 e. The Morgan fingerprint density at radius 2 is 1.95 bits per heavy atom. The Morgan fingerprint density at radius 1 is 1.11 bits per heavy atom. The molecule has 0 radical (unpaired) electrons. The highest BCUT2D eigenvalue weighted by Gasteiger charge is 2.43. The van der Waals surface area contributed by atoms with Gasteiger partial charge in [-0.05, 0) is 74.2 Å². The second kappa shape index (κ2) is 10.7. The molecular weight excluding hydrogens is 482 g/mol. The van der Waals surface area contributed by atoms with E-state index >= 15 is 0 Å². The number of rotatable bonds is 10. The molecule has 0 fully saturated rings. The van der Waals surface area contributed by atoms with Gasteiger partial charge in [0.2, 0.25) is 0 Å². The first kappa shape index (κ1) is 25.4. The number of H-pyrrole nitrogens is 1. The zero-order valence-corrected chi connectivity index (χ0v) is 22.2. The quantitative estimate of drug-likeness (QED) is 0.240. The van der Waals surface area contributed by atoms with Crippen LogP contribution in [-0.4, -0.2) is 39.3 Å². The molecule has 1 unspecified atom stereocenters. The number of unbranched alkanes of at least 4 members (excludes halogenated alkanes) is 1. The number of ether oxygens (including phenoxy) is 2. The van der Waals surface area contributed by atoms with Gasteiger partial charge in [-0.2, -0.15) is 5.10 Å². The molecule has 2 N–H and O–H groups in total. The first-order valence-electron chi connectivity index (χ1n) is 13.0. The molecule has 198 valence electrons. The Morgan fingerprint density at radius 3 is 2.66 bits per heavy atom. The Balaban J connectivity index is 1.65. The number of amides is 1. The molecule has 4 aromatic rings. The normalized spacial score (nSPS) is 14.7. The number of fused-ring (bicyclic) bond motifs is 1. The van der Waals surface area contributed by atoms with Crippen molar-refractivity contribution in [3.63, 3.8) is 0 Å². The third kappa shape index (κ3) is 4.62. The van der Waals surface area contributed by atoms with Gasteiger partial charge in [0.1, 0.15) is 22.9 Å². The van der Waals surface area contributed by atoms with Crippen molar-refractivity contribution >= 4 is 5.91 Å². The molecule has 0 aliphatic carbocycles. The fourth-order valence-corrected chi connectivity index (χ4v) is 5.13. The molecule has 0 saturated heterocycles. The predicted molar refractivity (Wildman–Crippen MR) is 144 cm³/mol. The van der Waals surface area contributed by atoms with Crippen LogP contribution in [0.3, 0.4) is 0 Å². The van der Waals surface area contributed by atoms with Crippen molar-refractivity contribution in [2.75, 3.05) is 13.2 Å². The Bertz CT molecular complexity index is 1420. The van der Waals surface area contributed by atoms with Gasteiger partial charge in [0, 0.05) is 11.1 Å². The highest BCUT2D eigenvalue weighted by molar-refractivity contribution is 6.00. The molecule has 8 heteroatoms. The van der Waals surface area contributed by atoms with Crippen molar-refractivity contribution in [1.29, 1.82) is 0 Å². The number of nitrogens with zero attached hydrogens (tertiary/aromatic N) is 2. The van der Waals surface area contributed by atoms with E-state index < -0.39 is 6.04 Å². The number of aromatic nitrogens is 2. The lowest BCUT2D eigenvalue weighted by Gasteiger charge is -2.26. The molecule has 1 amide bonds. The molecular formula is C30H33N3O5. The van der Waals surface area contributed by atoms with Crippen molar-refractivity contribution in [2.24, 2.45) is 0 Å². The van der Waals surface area contributed by atoms with E-state index in [9.17, 15) is 9.90 Å². The van der Waals surface area contributed by atoms with E-state index in [2.05, 4.69) is 17.1 Å². The number of aromatic amines is 1. The van der Waals surface area contributed by atoms with E-state index in [0.717, 1.165) is 29.5 Å². The summed E-state index contributed by atoms with van der Waals surface area (Å²) in [5.41, 5.74) is 4.95. The van der Waals surface area contributed by atoms with Crippen LogP contribution in [0.1, 0.15) is 71.2 Å². The summed E-state index contributed by atoms with van der Waals surface area (Å²) < 4.78 is 17.6. The summed E-state index contributed by atoms with van der Waals surface area (Å²) in [5.74, 6) is 1.90. The molecule has 8 nitrogen and oxygen atoms in total. The van der Waals surface area contributed by atoms with Gasteiger partial charge in [0.25, 0.3) is 5.91 Å². The molecule has 1 atom stereocenters. The summed E-state index contributed by atoms with van der Waals surface area (Å²) in [7, 11) is 0. The molecule has 5 rings (SSSR count). The van der Waals surface area contributed by atoms with Crippen molar-refractivity contribution in [3.05, 3.63) is 82.4 Å². The van der Waals surface area contributed by atoms with Crippen LogP contribution in [-0.2, 0) is 6.54 Å². The van der Waals surface area contributed by atoms with E-state index in [1.807, 2.05) is 51.1 Å².